The van der Waals surface area contributed by atoms with Crippen LogP contribution in [0.3, 0.4) is 0 Å². The number of nitrogens with one attached hydrogen (secondary N) is 3. The lowest BCUT2D eigenvalue weighted by molar-refractivity contribution is -0.145. The molecular weight excluding hydrogens is 218 g/mol. The Morgan fingerprint density at radius 2 is 2.18 bits per heavy atom. The van der Waals surface area contributed by atoms with Gasteiger partial charge in [0, 0.05) is 12.1 Å². The molecule has 0 bridgehead atoms. The van der Waals surface area contributed by atoms with Crippen LogP contribution >= 0.6 is 0 Å². The topological polar surface area (TPSA) is 62.4 Å². The molecule has 1 fully saturated rings. The normalized spacial score (nSPS) is 23.4. The summed E-state index contributed by atoms with van der Waals surface area (Å²) in [4.78, 5) is 11.5. The summed E-state index contributed by atoms with van der Waals surface area (Å²) in [5.41, 5.74) is 6.98. The first kappa shape index (κ1) is 11.9. The van der Waals surface area contributed by atoms with Crippen LogP contribution in [0, 0.1) is 0 Å². The Hall–Kier alpha value is -1.59. The van der Waals surface area contributed by atoms with Gasteiger partial charge in [-0.3, -0.25) is 4.79 Å². The van der Waals surface area contributed by atoms with E-state index < -0.39 is 0 Å². The van der Waals surface area contributed by atoms with Crippen molar-refractivity contribution in [1.29, 1.82) is 0 Å². The van der Waals surface area contributed by atoms with Gasteiger partial charge in [0.1, 0.15) is 6.04 Å². The molecule has 17 heavy (non-hydrogen) atoms. The predicted molar refractivity (Wildman–Crippen MR) is 65.2 cm³/mol. The number of hydrogen-bond donors (Lipinski definition) is 3. The third-order valence-electron chi connectivity index (χ3n) is 2.59. The average Bonchev–Trinajstić information content (AvgIpc) is 2.79. The van der Waals surface area contributed by atoms with E-state index in [-0.39, 0.29) is 18.2 Å². The maximum Gasteiger partial charge on any atom is 0.324 e. The lowest BCUT2D eigenvalue weighted by atomic mass is 10.2. The molecule has 0 amide bonds. The second kappa shape index (κ2) is 5.65. The molecule has 1 aliphatic rings. The Kier molecular flexibility index (Phi) is 3.95. The zero-order valence-corrected chi connectivity index (χ0v) is 9.77. The third-order valence-corrected chi connectivity index (χ3v) is 2.59. The van der Waals surface area contributed by atoms with Crippen LogP contribution in [0.5, 0.6) is 0 Å². The van der Waals surface area contributed by atoms with Gasteiger partial charge < -0.3 is 10.1 Å². The van der Waals surface area contributed by atoms with Crippen LogP contribution in [0.15, 0.2) is 30.3 Å². The van der Waals surface area contributed by atoms with Crippen molar-refractivity contribution in [3.05, 3.63) is 30.3 Å². The molecule has 2 rings (SSSR count). The molecule has 0 saturated carbocycles. The van der Waals surface area contributed by atoms with Crippen LogP contribution in [-0.2, 0) is 9.53 Å². The van der Waals surface area contributed by atoms with Crippen molar-refractivity contribution in [1.82, 2.24) is 10.9 Å². The van der Waals surface area contributed by atoms with E-state index in [4.69, 9.17) is 4.74 Å². The molecule has 1 saturated heterocycles. The van der Waals surface area contributed by atoms with Gasteiger partial charge in [0.15, 0.2) is 0 Å². The molecule has 1 aromatic carbocycles. The van der Waals surface area contributed by atoms with E-state index in [2.05, 4.69) is 16.2 Å². The number of rotatable bonds is 4. The zero-order chi connectivity index (χ0) is 12.1. The van der Waals surface area contributed by atoms with Crippen molar-refractivity contribution in [3.8, 4) is 0 Å². The van der Waals surface area contributed by atoms with Gasteiger partial charge in [-0.2, -0.15) is 0 Å². The molecule has 0 spiro atoms. The van der Waals surface area contributed by atoms with Crippen molar-refractivity contribution in [2.24, 2.45) is 0 Å². The fourth-order valence-electron chi connectivity index (χ4n) is 1.78. The molecule has 1 heterocycles. The Labute approximate surface area is 101 Å². The van der Waals surface area contributed by atoms with Crippen LogP contribution in [-0.4, -0.2) is 24.8 Å². The van der Waals surface area contributed by atoms with E-state index in [1.165, 1.54) is 0 Å². The summed E-state index contributed by atoms with van der Waals surface area (Å²) in [6, 6.07) is 9.59. The number of anilines is 1. The van der Waals surface area contributed by atoms with E-state index in [9.17, 15) is 4.79 Å². The molecule has 5 nitrogen and oxygen atoms in total. The van der Waals surface area contributed by atoms with Gasteiger partial charge in [0.25, 0.3) is 0 Å². The van der Waals surface area contributed by atoms with Gasteiger partial charge in [-0.25, -0.2) is 10.9 Å². The largest absolute Gasteiger partial charge is 0.465 e. The second-order valence-electron chi connectivity index (χ2n) is 3.89. The van der Waals surface area contributed by atoms with Crippen molar-refractivity contribution >= 4 is 11.7 Å². The summed E-state index contributed by atoms with van der Waals surface area (Å²) in [5.74, 6) is -0.211. The van der Waals surface area contributed by atoms with Gasteiger partial charge in [-0.15, -0.1) is 0 Å². The zero-order valence-electron chi connectivity index (χ0n) is 9.77. The van der Waals surface area contributed by atoms with Crippen molar-refractivity contribution in [2.75, 3.05) is 11.9 Å². The fraction of sp³-hybridized carbons (Fsp3) is 0.417. The van der Waals surface area contributed by atoms with Gasteiger partial charge in [0.2, 0.25) is 0 Å². The summed E-state index contributed by atoms with van der Waals surface area (Å²) < 4.78 is 4.96. The Balaban J connectivity index is 1.84. The number of esters is 1. The first-order valence-corrected chi connectivity index (χ1v) is 5.79. The van der Waals surface area contributed by atoms with Crippen molar-refractivity contribution in [3.63, 3.8) is 0 Å². The average molecular weight is 235 g/mol. The van der Waals surface area contributed by atoms with Crippen LogP contribution in [0.4, 0.5) is 5.69 Å². The summed E-state index contributed by atoms with van der Waals surface area (Å²) in [5, 5.41) is 3.29. The molecule has 0 aliphatic carbocycles. The fourth-order valence-corrected chi connectivity index (χ4v) is 1.78. The quantitative estimate of drug-likeness (QED) is 0.675. The van der Waals surface area contributed by atoms with Gasteiger partial charge in [0.05, 0.1) is 12.8 Å². The molecule has 92 valence electrons. The van der Waals surface area contributed by atoms with Crippen LogP contribution in [0.25, 0.3) is 0 Å². The Morgan fingerprint density at radius 3 is 2.88 bits per heavy atom. The maximum absolute atomic E-state index is 11.5. The monoisotopic (exact) mass is 235 g/mol. The Morgan fingerprint density at radius 1 is 1.41 bits per heavy atom. The van der Waals surface area contributed by atoms with Gasteiger partial charge in [-0.05, 0) is 19.1 Å². The molecule has 0 aromatic heterocycles. The van der Waals surface area contributed by atoms with E-state index in [0.717, 1.165) is 5.69 Å². The minimum absolute atomic E-state index is 0.0341. The number of ether oxygens (including phenoxy) is 1. The highest BCUT2D eigenvalue weighted by Crippen LogP contribution is 2.12. The van der Waals surface area contributed by atoms with E-state index >= 15 is 0 Å². The first-order chi connectivity index (χ1) is 8.29. The summed E-state index contributed by atoms with van der Waals surface area (Å²) >= 11 is 0. The number of benzene rings is 1. The maximum atomic E-state index is 11.5. The summed E-state index contributed by atoms with van der Waals surface area (Å²) in [7, 11) is 0. The predicted octanol–water partition coefficient (Wildman–Crippen LogP) is 0.854. The minimum atomic E-state index is -0.281. The smallest absolute Gasteiger partial charge is 0.324 e. The number of para-hydroxylation sites is 1. The van der Waals surface area contributed by atoms with E-state index in [1.807, 2.05) is 30.3 Å². The molecule has 2 atom stereocenters. The lowest BCUT2D eigenvalue weighted by Gasteiger charge is -2.13. The molecule has 2 unspecified atom stereocenters. The minimum Gasteiger partial charge on any atom is -0.465 e. The SMILES string of the molecule is CCOC(=O)C1CC(Nc2ccccc2)NN1. The van der Waals surface area contributed by atoms with E-state index in [1.54, 1.807) is 6.92 Å². The molecule has 1 aliphatic heterocycles. The Bertz CT molecular complexity index is 369. The highest BCUT2D eigenvalue weighted by molar-refractivity contribution is 5.76. The second-order valence-corrected chi connectivity index (χ2v) is 3.89. The van der Waals surface area contributed by atoms with Gasteiger partial charge in [-0.1, -0.05) is 18.2 Å². The van der Waals surface area contributed by atoms with E-state index in [0.29, 0.717) is 13.0 Å². The highest BCUT2D eigenvalue weighted by Gasteiger charge is 2.29. The van der Waals surface area contributed by atoms with Crippen molar-refractivity contribution in [2.45, 2.75) is 25.6 Å². The molecule has 0 radical (unpaired) electrons. The lowest BCUT2D eigenvalue weighted by Crippen LogP contribution is -2.39. The number of hydrogen-bond acceptors (Lipinski definition) is 5. The third kappa shape index (κ3) is 3.18. The van der Waals surface area contributed by atoms with Crippen LogP contribution < -0.4 is 16.2 Å². The standard InChI is InChI=1S/C12H17N3O2/c1-2-17-12(16)10-8-11(15-14-10)13-9-6-4-3-5-7-9/h3-7,10-11,13-15H,2,8H2,1H3. The molecule has 1 aromatic rings. The number of carbonyl (C=O) groups excluding carboxylic acids is 1. The summed E-state index contributed by atoms with van der Waals surface area (Å²) in [6.07, 6.45) is 0.695. The van der Waals surface area contributed by atoms with Crippen molar-refractivity contribution < 1.29 is 9.53 Å². The highest BCUT2D eigenvalue weighted by atomic mass is 16.5. The van der Waals surface area contributed by atoms with Crippen LogP contribution in [0.1, 0.15) is 13.3 Å². The molecule has 5 heteroatoms. The summed E-state index contributed by atoms with van der Waals surface area (Å²) in [6.45, 7) is 2.22. The molecular formula is C12H17N3O2. The van der Waals surface area contributed by atoms with Gasteiger partial charge >= 0.3 is 5.97 Å². The van der Waals surface area contributed by atoms with Crippen LogP contribution in [0.2, 0.25) is 0 Å². The molecule has 3 N–H and O–H groups in total. The number of carbonyl (C=O) groups is 1. The number of hydrazine groups is 1. The first-order valence-electron chi connectivity index (χ1n) is 5.79.